The van der Waals surface area contributed by atoms with E-state index in [-0.39, 0.29) is 18.3 Å². The molecule has 1 radical (unpaired) electrons. The molecule has 3 heteroatoms. The molecule has 0 aliphatic carbocycles. The van der Waals surface area contributed by atoms with Crippen LogP contribution >= 0.6 is 0 Å². The smallest absolute Gasteiger partial charge is 0.399 e. The second-order valence-electron chi connectivity index (χ2n) is 5.87. The third kappa shape index (κ3) is 2.48. The molecule has 0 unspecified atom stereocenters. The minimum Gasteiger partial charge on any atom is -0.399 e. The van der Waals surface area contributed by atoms with Crippen LogP contribution in [0.25, 0.3) is 0 Å². The standard InChI is InChI=1S/C15H22BO2/c1-6-7-12-8-10-13(11-9-12)16-17-14(2,3)15(4,5)18-16/h7-11H,6H2,1-5H3. The molecule has 0 aromatic heterocycles. The van der Waals surface area contributed by atoms with E-state index in [9.17, 15) is 0 Å². The molecule has 0 saturated carbocycles. The van der Waals surface area contributed by atoms with Crippen LogP contribution in [0.15, 0.2) is 24.3 Å². The highest BCUT2D eigenvalue weighted by Gasteiger charge is 2.51. The SMILES string of the molecule is CC[CH]c1ccc(B2OC(C)(C)C(C)(C)O2)cc1. The van der Waals surface area contributed by atoms with Gasteiger partial charge in [-0.25, -0.2) is 0 Å². The Bertz CT molecular complexity index is 393. The molecule has 18 heavy (non-hydrogen) atoms. The van der Waals surface area contributed by atoms with E-state index in [2.05, 4.69) is 65.3 Å². The van der Waals surface area contributed by atoms with Crippen molar-refractivity contribution in [3.05, 3.63) is 36.2 Å². The van der Waals surface area contributed by atoms with Crippen molar-refractivity contribution in [1.82, 2.24) is 0 Å². The summed E-state index contributed by atoms with van der Waals surface area (Å²) in [5.74, 6) is 0. The number of hydrogen-bond acceptors (Lipinski definition) is 2. The van der Waals surface area contributed by atoms with Crippen molar-refractivity contribution >= 4 is 12.6 Å². The van der Waals surface area contributed by atoms with Gasteiger partial charge in [0.1, 0.15) is 0 Å². The quantitative estimate of drug-likeness (QED) is 0.762. The van der Waals surface area contributed by atoms with Gasteiger partial charge in [0.05, 0.1) is 11.2 Å². The minimum atomic E-state index is -0.272. The molecule has 97 valence electrons. The maximum atomic E-state index is 6.02. The van der Waals surface area contributed by atoms with Crippen molar-refractivity contribution in [1.29, 1.82) is 0 Å². The van der Waals surface area contributed by atoms with Gasteiger partial charge < -0.3 is 9.31 Å². The van der Waals surface area contributed by atoms with E-state index in [4.69, 9.17) is 9.31 Å². The Morgan fingerprint density at radius 2 is 1.50 bits per heavy atom. The Morgan fingerprint density at radius 3 is 1.94 bits per heavy atom. The van der Waals surface area contributed by atoms with Gasteiger partial charge in [-0.05, 0) is 51.6 Å². The van der Waals surface area contributed by atoms with E-state index in [1.807, 2.05) is 0 Å². The Kier molecular flexibility index (Phi) is 3.57. The first kappa shape index (κ1) is 13.6. The van der Waals surface area contributed by atoms with Crippen molar-refractivity contribution in [2.24, 2.45) is 0 Å². The average molecular weight is 245 g/mol. The fraction of sp³-hybridized carbons (Fsp3) is 0.533. The summed E-state index contributed by atoms with van der Waals surface area (Å²) in [6.45, 7) is 10.4. The molecular weight excluding hydrogens is 223 g/mol. The Hall–Kier alpha value is -0.795. The lowest BCUT2D eigenvalue weighted by atomic mass is 9.79. The van der Waals surface area contributed by atoms with Crippen molar-refractivity contribution in [3.8, 4) is 0 Å². The minimum absolute atomic E-state index is 0.259. The molecule has 0 N–H and O–H groups in total. The normalized spacial score (nSPS) is 21.3. The first-order valence-electron chi connectivity index (χ1n) is 6.64. The van der Waals surface area contributed by atoms with Crippen LogP contribution in [0.4, 0.5) is 0 Å². The molecule has 2 nitrogen and oxygen atoms in total. The highest BCUT2D eigenvalue weighted by Crippen LogP contribution is 2.36. The van der Waals surface area contributed by atoms with Crippen LogP contribution in [-0.2, 0) is 9.31 Å². The topological polar surface area (TPSA) is 18.5 Å². The van der Waals surface area contributed by atoms with Crippen LogP contribution in [0.3, 0.4) is 0 Å². The van der Waals surface area contributed by atoms with Gasteiger partial charge in [0.15, 0.2) is 0 Å². The first-order chi connectivity index (χ1) is 8.36. The Balaban J connectivity index is 2.14. The lowest BCUT2D eigenvalue weighted by Gasteiger charge is -2.32. The van der Waals surface area contributed by atoms with E-state index >= 15 is 0 Å². The van der Waals surface area contributed by atoms with Gasteiger partial charge in [0.25, 0.3) is 0 Å². The summed E-state index contributed by atoms with van der Waals surface area (Å²) < 4.78 is 12.0. The predicted octanol–water partition coefficient (Wildman–Crippen LogP) is 2.95. The average Bonchev–Trinajstić information content (AvgIpc) is 2.50. The van der Waals surface area contributed by atoms with E-state index in [0.29, 0.717) is 0 Å². The summed E-state index contributed by atoms with van der Waals surface area (Å²) in [5, 5.41) is 0. The van der Waals surface area contributed by atoms with Crippen molar-refractivity contribution in [3.63, 3.8) is 0 Å². The predicted molar refractivity (Wildman–Crippen MR) is 75.9 cm³/mol. The van der Waals surface area contributed by atoms with Gasteiger partial charge in [0, 0.05) is 0 Å². The van der Waals surface area contributed by atoms with Gasteiger partial charge in [-0.1, -0.05) is 31.2 Å². The molecule has 1 aromatic rings. The van der Waals surface area contributed by atoms with Crippen LogP contribution < -0.4 is 5.46 Å². The fourth-order valence-electron chi connectivity index (χ4n) is 2.00. The highest BCUT2D eigenvalue weighted by molar-refractivity contribution is 6.62. The molecular formula is C15H22BO2. The first-order valence-corrected chi connectivity index (χ1v) is 6.64. The summed E-state index contributed by atoms with van der Waals surface area (Å²) in [7, 11) is -0.259. The van der Waals surface area contributed by atoms with Gasteiger partial charge in [-0.2, -0.15) is 0 Å². The van der Waals surface area contributed by atoms with Crippen LogP contribution in [0, 0.1) is 6.42 Å². The molecule has 0 spiro atoms. The third-order valence-electron chi connectivity index (χ3n) is 3.90. The zero-order chi connectivity index (χ0) is 13.4. The molecule has 0 amide bonds. The lowest BCUT2D eigenvalue weighted by molar-refractivity contribution is 0.00578. The fourth-order valence-corrected chi connectivity index (χ4v) is 2.00. The Labute approximate surface area is 111 Å². The van der Waals surface area contributed by atoms with Gasteiger partial charge in [-0.15, -0.1) is 0 Å². The summed E-state index contributed by atoms with van der Waals surface area (Å²) in [5.41, 5.74) is 1.79. The molecule has 1 aliphatic heterocycles. The van der Waals surface area contributed by atoms with E-state index in [1.54, 1.807) is 0 Å². The van der Waals surface area contributed by atoms with E-state index < -0.39 is 0 Å². The molecule has 0 atom stereocenters. The van der Waals surface area contributed by atoms with Crippen LogP contribution in [0.1, 0.15) is 46.6 Å². The molecule has 2 rings (SSSR count). The molecule has 1 aliphatic rings. The van der Waals surface area contributed by atoms with Crippen molar-refractivity contribution in [2.45, 2.75) is 52.2 Å². The highest BCUT2D eigenvalue weighted by atomic mass is 16.7. The van der Waals surface area contributed by atoms with Gasteiger partial charge in [-0.3, -0.25) is 0 Å². The molecule has 1 heterocycles. The molecule has 1 fully saturated rings. The second kappa shape index (κ2) is 4.71. The third-order valence-corrected chi connectivity index (χ3v) is 3.90. The molecule has 0 bridgehead atoms. The largest absolute Gasteiger partial charge is 0.494 e. The lowest BCUT2D eigenvalue weighted by Crippen LogP contribution is -2.41. The summed E-state index contributed by atoms with van der Waals surface area (Å²) in [6.07, 6.45) is 3.25. The zero-order valence-corrected chi connectivity index (χ0v) is 12.0. The van der Waals surface area contributed by atoms with E-state index in [0.717, 1.165) is 11.9 Å². The van der Waals surface area contributed by atoms with Crippen LogP contribution in [0.2, 0.25) is 0 Å². The van der Waals surface area contributed by atoms with Crippen molar-refractivity contribution in [2.75, 3.05) is 0 Å². The maximum absolute atomic E-state index is 6.02. The number of benzene rings is 1. The van der Waals surface area contributed by atoms with E-state index in [1.165, 1.54) is 5.56 Å². The summed E-state index contributed by atoms with van der Waals surface area (Å²) >= 11 is 0. The second-order valence-corrected chi connectivity index (χ2v) is 5.87. The van der Waals surface area contributed by atoms with Crippen LogP contribution in [-0.4, -0.2) is 18.3 Å². The summed E-state index contributed by atoms with van der Waals surface area (Å²) in [6, 6.07) is 8.40. The van der Waals surface area contributed by atoms with Gasteiger partial charge in [0.2, 0.25) is 0 Å². The maximum Gasteiger partial charge on any atom is 0.494 e. The Morgan fingerprint density at radius 1 is 1.00 bits per heavy atom. The zero-order valence-electron chi connectivity index (χ0n) is 12.0. The monoisotopic (exact) mass is 245 g/mol. The van der Waals surface area contributed by atoms with Crippen molar-refractivity contribution < 1.29 is 9.31 Å². The van der Waals surface area contributed by atoms with Crippen LogP contribution in [0.5, 0.6) is 0 Å². The van der Waals surface area contributed by atoms with Gasteiger partial charge >= 0.3 is 7.12 Å². The molecule has 1 aromatic carbocycles. The number of rotatable bonds is 3. The summed E-state index contributed by atoms with van der Waals surface area (Å²) in [4.78, 5) is 0. The molecule has 1 saturated heterocycles. The number of hydrogen-bond donors (Lipinski definition) is 0.